The second kappa shape index (κ2) is 7.60. The van der Waals surface area contributed by atoms with Crippen LogP contribution in [0.1, 0.15) is 26.0 Å². The number of aliphatic hydroxyl groups excluding tert-OH is 2. The summed E-state index contributed by atoms with van der Waals surface area (Å²) in [6.45, 7) is 1.43. The number of hydrogen-bond acceptors (Lipinski definition) is 9. The van der Waals surface area contributed by atoms with Crippen LogP contribution in [-0.4, -0.2) is 66.5 Å². The molecular weight excluding hydrogens is 358 g/mol. The van der Waals surface area contributed by atoms with Gasteiger partial charge in [0.05, 0.1) is 19.0 Å². The molecule has 1 saturated heterocycles. The Morgan fingerprint density at radius 3 is 2.96 bits per heavy atom. The largest absolute Gasteiger partial charge is 0.394 e. The molecule has 2 aromatic rings. The molecule has 0 spiro atoms. The molecule has 148 valence electrons. The van der Waals surface area contributed by atoms with Crippen molar-refractivity contribution in [2.24, 2.45) is 5.73 Å². The molecule has 0 aliphatic carbocycles. The molecule has 3 heterocycles. The van der Waals surface area contributed by atoms with Gasteiger partial charge >= 0.3 is 0 Å². The molecule has 0 aromatic carbocycles. The highest BCUT2D eigenvalue weighted by Gasteiger charge is 2.46. The van der Waals surface area contributed by atoms with E-state index in [0.29, 0.717) is 6.42 Å². The van der Waals surface area contributed by atoms with Gasteiger partial charge in [-0.25, -0.2) is 4.98 Å². The standard InChI is InChI=1S/C15H23N7O5/c1-2-3-6(16)12(25)19-8-10(24)7(4-23)27-14(8)22-5-18-9-11(22)20-15(17)21-13(9)26/h5-8,10,14,23-24H,2-4,16H2,1H3,(H,19,25)(H3,17,20,21,26)/t6?,7-,8+,10?,14-/m1/s1. The third kappa shape index (κ3) is 3.51. The number of fused-ring (bicyclic) bond motifs is 1. The summed E-state index contributed by atoms with van der Waals surface area (Å²) in [5.74, 6) is -0.570. The Morgan fingerprint density at radius 1 is 1.56 bits per heavy atom. The first-order valence-electron chi connectivity index (χ1n) is 8.60. The van der Waals surface area contributed by atoms with Crippen LogP contribution in [-0.2, 0) is 9.53 Å². The normalized spacial score (nSPS) is 26.4. The average Bonchev–Trinajstić information content (AvgIpc) is 3.17. The topological polar surface area (TPSA) is 194 Å². The van der Waals surface area contributed by atoms with E-state index >= 15 is 0 Å². The first kappa shape index (κ1) is 19.2. The molecular formula is C15H23N7O5. The van der Waals surface area contributed by atoms with Gasteiger partial charge in [0.15, 0.2) is 17.4 Å². The molecule has 1 amide bonds. The van der Waals surface area contributed by atoms with Crippen LogP contribution in [0.4, 0.5) is 5.95 Å². The van der Waals surface area contributed by atoms with Crippen LogP contribution < -0.4 is 22.3 Å². The number of aromatic nitrogens is 4. The number of nitrogens with one attached hydrogen (secondary N) is 2. The number of nitrogen functional groups attached to an aromatic ring is 1. The first-order chi connectivity index (χ1) is 12.9. The van der Waals surface area contributed by atoms with E-state index in [1.54, 1.807) is 0 Å². The summed E-state index contributed by atoms with van der Waals surface area (Å²) in [4.78, 5) is 34.7. The van der Waals surface area contributed by atoms with E-state index in [1.807, 2.05) is 6.92 Å². The molecule has 27 heavy (non-hydrogen) atoms. The molecule has 2 aromatic heterocycles. The Morgan fingerprint density at radius 2 is 2.30 bits per heavy atom. The zero-order valence-corrected chi connectivity index (χ0v) is 14.7. The number of aromatic amines is 1. The van der Waals surface area contributed by atoms with Crippen LogP contribution in [0.15, 0.2) is 11.1 Å². The van der Waals surface area contributed by atoms with E-state index in [1.165, 1.54) is 10.9 Å². The maximum absolute atomic E-state index is 12.3. The lowest BCUT2D eigenvalue weighted by molar-refractivity contribution is -0.124. The van der Waals surface area contributed by atoms with Gasteiger partial charge in [-0.15, -0.1) is 0 Å². The number of aliphatic hydroxyl groups is 2. The maximum Gasteiger partial charge on any atom is 0.280 e. The van der Waals surface area contributed by atoms with Gasteiger partial charge in [-0.3, -0.25) is 19.1 Å². The monoisotopic (exact) mass is 381 g/mol. The molecule has 8 N–H and O–H groups in total. The van der Waals surface area contributed by atoms with Gasteiger partial charge in [0.1, 0.15) is 18.2 Å². The van der Waals surface area contributed by atoms with E-state index < -0.39 is 48.6 Å². The summed E-state index contributed by atoms with van der Waals surface area (Å²) in [5.41, 5.74) is 11.1. The predicted molar refractivity (Wildman–Crippen MR) is 94.4 cm³/mol. The van der Waals surface area contributed by atoms with Gasteiger partial charge < -0.3 is 31.7 Å². The molecule has 1 fully saturated rings. The highest BCUT2D eigenvalue weighted by atomic mass is 16.5. The van der Waals surface area contributed by atoms with Gasteiger partial charge in [-0.1, -0.05) is 13.3 Å². The number of nitrogens with zero attached hydrogens (tertiary/aromatic N) is 3. The highest BCUT2D eigenvalue weighted by molar-refractivity contribution is 5.82. The fourth-order valence-electron chi connectivity index (χ4n) is 3.13. The molecule has 2 unspecified atom stereocenters. The minimum absolute atomic E-state index is 0.0301. The molecule has 12 heteroatoms. The van der Waals surface area contributed by atoms with Crippen molar-refractivity contribution in [3.63, 3.8) is 0 Å². The lowest BCUT2D eigenvalue weighted by Gasteiger charge is -2.24. The molecule has 1 aliphatic rings. The average molecular weight is 381 g/mol. The fourth-order valence-corrected chi connectivity index (χ4v) is 3.13. The van der Waals surface area contributed by atoms with Crippen LogP contribution in [0.25, 0.3) is 11.2 Å². The number of nitrogens with two attached hydrogens (primary N) is 2. The van der Waals surface area contributed by atoms with Crippen molar-refractivity contribution >= 4 is 23.0 Å². The van der Waals surface area contributed by atoms with Crippen molar-refractivity contribution in [3.8, 4) is 0 Å². The van der Waals surface area contributed by atoms with Crippen molar-refractivity contribution in [2.45, 2.75) is 50.3 Å². The zero-order valence-electron chi connectivity index (χ0n) is 14.7. The van der Waals surface area contributed by atoms with Crippen LogP contribution >= 0.6 is 0 Å². The van der Waals surface area contributed by atoms with Crippen LogP contribution in [0.2, 0.25) is 0 Å². The van der Waals surface area contributed by atoms with Gasteiger partial charge in [-0.2, -0.15) is 4.98 Å². The third-order valence-corrected chi connectivity index (χ3v) is 4.52. The van der Waals surface area contributed by atoms with Crippen molar-refractivity contribution < 1.29 is 19.7 Å². The number of anilines is 1. The summed E-state index contributed by atoms with van der Waals surface area (Å²) in [5, 5.41) is 22.6. The zero-order chi connectivity index (χ0) is 19.7. The molecule has 5 atom stereocenters. The number of imidazole rings is 1. The summed E-state index contributed by atoms with van der Waals surface area (Å²) in [6, 6.07) is -1.68. The molecule has 3 rings (SSSR count). The molecule has 0 radical (unpaired) electrons. The summed E-state index contributed by atoms with van der Waals surface area (Å²) < 4.78 is 7.07. The number of hydrogen-bond donors (Lipinski definition) is 6. The quantitative estimate of drug-likeness (QED) is 0.315. The number of ether oxygens (including phenoxy) is 1. The summed E-state index contributed by atoms with van der Waals surface area (Å²) in [6.07, 6.45) is -0.610. The first-order valence-corrected chi connectivity index (χ1v) is 8.60. The van der Waals surface area contributed by atoms with E-state index in [4.69, 9.17) is 16.2 Å². The van der Waals surface area contributed by atoms with Crippen molar-refractivity contribution in [2.75, 3.05) is 12.3 Å². The fraction of sp³-hybridized carbons (Fsp3) is 0.600. The van der Waals surface area contributed by atoms with Crippen molar-refractivity contribution in [3.05, 3.63) is 16.7 Å². The number of carbonyl (C=O) groups is 1. The number of amides is 1. The van der Waals surface area contributed by atoms with Gasteiger partial charge in [0, 0.05) is 0 Å². The van der Waals surface area contributed by atoms with Crippen LogP contribution in [0.5, 0.6) is 0 Å². The van der Waals surface area contributed by atoms with Gasteiger partial charge in [-0.05, 0) is 6.42 Å². The van der Waals surface area contributed by atoms with Gasteiger partial charge in [0.25, 0.3) is 5.56 Å². The predicted octanol–water partition coefficient (Wildman–Crippen LogP) is -2.44. The van der Waals surface area contributed by atoms with Gasteiger partial charge in [0.2, 0.25) is 11.9 Å². The molecule has 1 aliphatic heterocycles. The molecule has 12 nitrogen and oxygen atoms in total. The smallest absolute Gasteiger partial charge is 0.280 e. The molecule has 0 bridgehead atoms. The Balaban J connectivity index is 1.97. The Bertz CT molecular complexity index is 881. The lowest BCUT2D eigenvalue weighted by atomic mass is 10.1. The lowest BCUT2D eigenvalue weighted by Crippen LogP contribution is -2.51. The van der Waals surface area contributed by atoms with Crippen LogP contribution in [0, 0.1) is 0 Å². The maximum atomic E-state index is 12.3. The van der Waals surface area contributed by atoms with Crippen LogP contribution in [0.3, 0.4) is 0 Å². The number of carbonyl (C=O) groups excluding carboxylic acids is 1. The van der Waals surface area contributed by atoms with Crippen molar-refractivity contribution in [1.29, 1.82) is 0 Å². The Kier molecular flexibility index (Phi) is 5.41. The summed E-state index contributed by atoms with van der Waals surface area (Å²) >= 11 is 0. The van der Waals surface area contributed by atoms with E-state index in [9.17, 15) is 19.8 Å². The summed E-state index contributed by atoms with van der Waals surface area (Å²) in [7, 11) is 0. The second-order valence-corrected chi connectivity index (χ2v) is 6.44. The van der Waals surface area contributed by atoms with E-state index in [-0.39, 0.29) is 17.1 Å². The SMILES string of the molecule is CCCC(N)C(=O)N[C@H]1C(O)[C@@H](CO)O[C@H]1n1cnc2c(=O)[nH]c(N)nc21. The second-order valence-electron chi connectivity index (χ2n) is 6.44. The van der Waals surface area contributed by atoms with E-state index in [2.05, 4.69) is 20.3 Å². The Hall–Kier alpha value is -2.54. The number of H-pyrrole nitrogens is 1. The van der Waals surface area contributed by atoms with E-state index in [0.717, 1.165) is 6.42 Å². The number of rotatable bonds is 6. The highest BCUT2D eigenvalue weighted by Crippen LogP contribution is 2.31. The minimum Gasteiger partial charge on any atom is -0.394 e. The van der Waals surface area contributed by atoms with Crippen molar-refractivity contribution in [1.82, 2.24) is 24.8 Å². The molecule has 0 saturated carbocycles. The minimum atomic E-state index is -1.20. The third-order valence-electron chi connectivity index (χ3n) is 4.52. The Labute approximate surface area is 153 Å².